The molecule has 0 N–H and O–H groups in total. The fourth-order valence-corrected chi connectivity index (χ4v) is 1.44. The van der Waals surface area contributed by atoms with Gasteiger partial charge in [-0.05, 0) is 24.3 Å². The predicted octanol–water partition coefficient (Wildman–Crippen LogP) is 3.79. The molecule has 2 aromatic rings. The van der Waals surface area contributed by atoms with Crippen molar-refractivity contribution in [2.75, 3.05) is 0 Å². The molecular formula is C12H7F4NO. The fourth-order valence-electron chi connectivity index (χ4n) is 1.44. The molecule has 1 heterocycles. The number of nitrogens with zero attached hydrogens (tertiary/aromatic N) is 1. The lowest BCUT2D eigenvalue weighted by Crippen LogP contribution is -2.17. The van der Waals surface area contributed by atoms with Crippen LogP contribution in [-0.4, -0.2) is 11.3 Å². The summed E-state index contributed by atoms with van der Waals surface area (Å²) in [5.41, 5.74) is 0.382. The van der Waals surface area contributed by atoms with Crippen molar-refractivity contribution >= 4 is 0 Å². The van der Waals surface area contributed by atoms with Gasteiger partial charge >= 0.3 is 6.36 Å². The maximum atomic E-state index is 13.5. The highest BCUT2D eigenvalue weighted by atomic mass is 19.4. The van der Waals surface area contributed by atoms with Gasteiger partial charge < -0.3 is 4.74 Å². The molecule has 6 heteroatoms. The summed E-state index contributed by atoms with van der Waals surface area (Å²) < 4.78 is 53.4. The molecule has 0 unspecified atom stereocenters. The van der Waals surface area contributed by atoms with E-state index in [1.165, 1.54) is 12.4 Å². The smallest absolute Gasteiger partial charge is 0.406 e. The highest BCUT2D eigenvalue weighted by Gasteiger charge is 2.31. The number of hydrogen-bond acceptors (Lipinski definition) is 2. The number of ether oxygens (including phenoxy) is 1. The van der Waals surface area contributed by atoms with Gasteiger partial charge in [0.2, 0.25) is 0 Å². The molecule has 0 saturated heterocycles. The average Bonchev–Trinajstić information content (AvgIpc) is 2.31. The summed E-state index contributed by atoms with van der Waals surface area (Å²) in [5.74, 6) is -1.11. The van der Waals surface area contributed by atoms with Crippen molar-refractivity contribution in [3.63, 3.8) is 0 Å². The number of rotatable bonds is 2. The zero-order chi connectivity index (χ0) is 13.2. The first kappa shape index (κ1) is 12.3. The topological polar surface area (TPSA) is 22.1 Å². The maximum Gasteiger partial charge on any atom is 0.573 e. The fraction of sp³-hybridized carbons (Fsp3) is 0.0833. The van der Waals surface area contributed by atoms with Crippen molar-refractivity contribution in [2.45, 2.75) is 6.36 Å². The van der Waals surface area contributed by atoms with E-state index >= 15 is 0 Å². The van der Waals surface area contributed by atoms with Crippen LogP contribution in [0.4, 0.5) is 17.6 Å². The lowest BCUT2D eigenvalue weighted by molar-refractivity contribution is -0.274. The van der Waals surface area contributed by atoms with E-state index in [2.05, 4.69) is 9.72 Å². The molecule has 0 atom stereocenters. The minimum absolute atomic E-state index is 0.00449. The normalized spacial score (nSPS) is 11.3. The molecular weight excluding hydrogens is 250 g/mol. The number of alkyl halides is 3. The quantitative estimate of drug-likeness (QED) is 0.764. The van der Waals surface area contributed by atoms with Gasteiger partial charge in [0, 0.05) is 23.5 Å². The van der Waals surface area contributed by atoms with Crippen LogP contribution in [-0.2, 0) is 0 Å². The number of benzene rings is 1. The summed E-state index contributed by atoms with van der Waals surface area (Å²) in [7, 11) is 0. The van der Waals surface area contributed by atoms with Crippen LogP contribution in [0.1, 0.15) is 0 Å². The Morgan fingerprint density at radius 2 is 1.89 bits per heavy atom. The van der Waals surface area contributed by atoms with E-state index in [-0.39, 0.29) is 5.56 Å². The second-order valence-electron chi connectivity index (χ2n) is 3.43. The third-order valence-corrected chi connectivity index (χ3v) is 2.14. The molecule has 0 aliphatic carbocycles. The molecule has 0 aliphatic heterocycles. The van der Waals surface area contributed by atoms with Crippen LogP contribution >= 0.6 is 0 Å². The van der Waals surface area contributed by atoms with Gasteiger partial charge in [-0.25, -0.2) is 4.39 Å². The molecule has 0 radical (unpaired) electrons. The Labute approximate surface area is 99.8 Å². The molecule has 2 nitrogen and oxygen atoms in total. The van der Waals surface area contributed by atoms with E-state index in [4.69, 9.17) is 0 Å². The molecule has 0 saturated carbocycles. The zero-order valence-corrected chi connectivity index (χ0v) is 8.91. The lowest BCUT2D eigenvalue weighted by Gasteiger charge is -2.10. The summed E-state index contributed by atoms with van der Waals surface area (Å²) >= 11 is 0. The second kappa shape index (κ2) is 4.64. The van der Waals surface area contributed by atoms with E-state index in [9.17, 15) is 17.6 Å². The van der Waals surface area contributed by atoms with E-state index in [1.807, 2.05) is 0 Å². The van der Waals surface area contributed by atoms with Gasteiger partial charge in [0.25, 0.3) is 0 Å². The summed E-state index contributed by atoms with van der Waals surface area (Å²) in [5, 5.41) is 0. The number of aromatic nitrogens is 1. The van der Waals surface area contributed by atoms with Gasteiger partial charge in [-0.15, -0.1) is 13.2 Å². The SMILES string of the molecule is Fc1ccc(OC(F)(F)F)cc1-c1cccnc1. The Morgan fingerprint density at radius 1 is 1.11 bits per heavy atom. The van der Waals surface area contributed by atoms with Crippen LogP contribution in [0, 0.1) is 5.82 Å². The highest BCUT2D eigenvalue weighted by Crippen LogP contribution is 2.29. The monoisotopic (exact) mass is 257 g/mol. The molecule has 18 heavy (non-hydrogen) atoms. The minimum atomic E-state index is -4.80. The largest absolute Gasteiger partial charge is 0.573 e. The average molecular weight is 257 g/mol. The molecule has 1 aromatic carbocycles. The van der Waals surface area contributed by atoms with Crippen molar-refractivity contribution in [1.29, 1.82) is 0 Å². The third-order valence-electron chi connectivity index (χ3n) is 2.14. The molecule has 1 aromatic heterocycles. The summed E-state index contributed by atoms with van der Waals surface area (Å²) in [6, 6.07) is 5.93. The van der Waals surface area contributed by atoms with Gasteiger partial charge in [0.1, 0.15) is 11.6 Å². The molecule has 0 bridgehead atoms. The number of pyridine rings is 1. The van der Waals surface area contributed by atoms with Crippen LogP contribution in [0.15, 0.2) is 42.7 Å². The standard InChI is InChI=1S/C12H7F4NO/c13-11-4-3-9(18-12(14,15)16)6-10(11)8-2-1-5-17-7-8/h1-7H. The van der Waals surface area contributed by atoms with Crippen LogP contribution in [0.3, 0.4) is 0 Å². The molecule has 0 amide bonds. The van der Waals surface area contributed by atoms with Gasteiger partial charge in [0.15, 0.2) is 0 Å². The van der Waals surface area contributed by atoms with E-state index < -0.39 is 17.9 Å². The summed E-state index contributed by atoms with van der Waals surface area (Å²) in [6.07, 6.45) is -1.96. The van der Waals surface area contributed by atoms with Gasteiger partial charge in [0.05, 0.1) is 0 Å². The third kappa shape index (κ3) is 2.97. The second-order valence-corrected chi connectivity index (χ2v) is 3.43. The van der Waals surface area contributed by atoms with Crippen molar-refractivity contribution < 1.29 is 22.3 Å². The lowest BCUT2D eigenvalue weighted by atomic mass is 10.1. The first-order valence-corrected chi connectivity index (χ1v) is 4.91. The van der Waals surface area contributed by atoms with E-state index in [1.54, 1.807) is 12.1 Å². The Balaban J connectivity index is 2.39. The molecule has 0 aliphatic rings. The number of hydrogen-bond donors (Lipinski definition) is 0. The van der Waals surface area contributed by atoms with E-state index in [0.717, 1.165) is 18.2 Å². The summed E-state index contributed by atoms with van der Waals surface area (Å²) in [6.45, 7) is 0. The first-order valence-electron chi connectivity index (χ1n) is 4.91. The summed E-state index contributed by atoms with van der Waals surface area (Å²) in [4.78, 5) is 3.78. The highest BCUT2D eigenvalue weighted by molar-refractivity contribution is 5.64. The molecule has 0 fully saturated rings. The molecule has 2 rings (SSSR count). The van der Waals surface area contributed by atoms with Crippen molar-refractivity contribution in [2.24, 2.45) is 0 Å². The molecule has 94 valence electrons. The van der Waals surface area contributed by atoms with Crippen LogP contribution in [0.25, 0.3) is 11.1 Å². The van der Waals surface area contributed by atoms with Crippen LogP contribution < -0.4 is 4.74 Å². The van der Waals surface area contributed by atoms with Gasteiger partial charge in [-0.3, -0.25) is 4.98 Å². The number of halogens is 4. The predicted molar refractivity (Wildman–Crippen MR) is 56.3 cm³/mol. The van der Waals surface area contributed by atoms with Crippen molar-refractivity contribution in [3.05, 3.63) is 48.5 Å². The Bertz CT molecular complexity index is 540. The Morgan fingerprint density at radius 3 is 2.50 bits per heavy atom. The van der Waals surface area contributed by atoms with Gasteiger partial charge in [-0.1, -0.05) is 6.07 Å². The van der Waals surface area contributed by atoms with E-state index in [0.29, 0.717) is 5.56 Å². The minimum Gasteiger partial charge on any atom is -0.406 e. The first-order chi connectivity index (χ1) is 8.46. The van der Waals surface area contributed by atoms with Gasteiger partial charge in [-0.2, -0.15) is 0 Å². The Hall–Kier alpha value is -2.11. The van der Waals surface area contributed by atoms with Crippen LogP contribution in [0.5, 0.6) is 5.75 Å². The maximum absolute atomic E-state index is 13.5. The molecule has 0 spiro atoms. The van der Waals surface area contributed by atoms with Crippen molar-refractivity contribution in [3.8, 4) is 16.9 Å². The van der Waals surface area contributed by atoms with Crippen molar-refractivity contribution in [1.82, 2.24) is 4.98 Å². The zero-order valence-electron chi connectivity index (χ0n) is 8.91. The Kier molecular flexibility index (Phi) is 3.18. The van der Waals surface area contributed by atoms with Crippen LogP contribution in [0.2, 0.25) is 0 Å².